The lowest BCUT2D eigenvalue weighted by Gasteiger charge is -2.45. The van der Waals surface area contributed by atoms with Gasteiger partial charge in [0.15, 0.2) is 0 Å². The third-order valence-corrected chi connectivity index (χ3v) is 2.24. The zero-order valence-corrected chi connectivity index (χ0v) is 8.15. The van der Waals surface area contributed by atoms with Crippen LogP contribution in [0.1, 0.15) is 24.3 Å². The highest BCUT2D eigenvalue weighted by molar-refractivity contribution is 5.96. The van der Waals surface area contributed by atoms with Crippen LogP contribution in [0.4, 0.5) is 5.82 Å². The van der Waals surface area contributed by atoms with Crippen LogP contribution in [-0.4, -0.2) is 34.2 Å². The van der Waals surface area contributed by atoms with Crippen molar-refractivity contribution in [2.75, 3.05) is 18.8 Å². The smallest absolute Gasteiger partial charge is 0.280 e. The predicted molar refractivity (Wildman–Crippen MR) is 48.4 cm³/mol. The molecular formula is C8H12N4O2. The molecule has 0 radical (unpaired) electrons. The summed E-state index contributed by atoms with van der Waals surface area (Å²) in [6, 6.07) is 0. The van der Waals surface area contributed by atoms with Crippen molar-refractivity contribution < 1.29 is 9.42 Å². The first kappa shape index (κ1) is 8.98. The van der Waals surface area contributed by atoms with Crippen molar-refractivity contribution in [3.63, 3.8) is 0 Å². The third-order valence-electron chi connectivity index (χ3n) is 2.24. The minimum atomic E-state index is -0.205. The van der Waals surface area contributed by atoms with Crippen molar-refractivity contribution in [3.8, 4) is 0 Å². The van der Waals surface area contributed by atoms with E-state index in [-0.39, 0.29) is 22.8 Å². The molecule has 0 saturated carbocycles. The highest BCUT2D eigenvalue weighted by Crippen LogP contribution is 2.30. The van der Waals surface area contributed by atoms with Crippen LogP contribution in [0.25, 0.3) is 0 Å². The van der Waals surface area contributed by atoms with Crippen LogP contribution >= 0.6 is 0 Å². The van der Waals surface area contributed by atoms with Crippen LogP contribution in [0, 0.1) is 5.41 Å². The molecule has 1 aliphatic heterocycles. The molecular weight excluding hydrogens is 184 g/mol. The number of aromatic nitrogens is 2. The number of nitrogens with zero attached hydrogens (tertiary/aromatic N) is 3. The van der Waals surface area contributed by atoms with Crippen LogP contribution in [0.2, 0.25) is 0 Å². The van der Waals surface area contributed by atoms with Gasteiger partial charge in [-0.1, -0.05) is 13.8 Å². The standard InChI is InChI=1S/C8H12N4O2/c1-8(2)3-12(4-8)7(13)5-6(9)11-14-10-5/h3-4H2,1-2H3,(H2,9,11). The van der Waals surface area contributed by atoms with Crippen LogP contribution in [-0.2, 0) is 0 Å². The largest absolute Gasteiger partial charge is 0.379 e. The fraction of sp³-hybridized carbons (Fsp3) is 0.625. The molecule has 0 aromatic carbocycles. The SMILES string of the molecule is CC1(C)CN(C(=O)c2nonc2N)C1. The average molecular weight is 196 g/mol. The molecule has 14 heavy (non-hydrogen) atoms. The summed E-state index contributed by atoms with van der Waals surface area (Å²) in [5.74, 6) is -0.150. The van der Waals surface area contributed by atoms with Gasteiger partial charge in [-0.3, -0.25) is 4.79 Å². The third kappa shape index (κ3) is 1.32. The Morgan fingerprint density at radius 3 is 2.57 bits per heavy atom. The molecule has 1 aromatic heterocycles. The zero-order chi connectivity index (χ0) is 10.3. The first-order valence-electron chi connectivity index (χ1n) is 4.37. The van der Waals surface area contributed by atoms with Gasteiger partial charge in [-0.15, -0.1) is 0 Å². The summed E-state index contributed by atoms with van der Waals surface area (Å²) in [6.07, 6.45) is 0. The summed E-state index contributed by atoms with van der Waals surface area (Å²) >= 11 is 0. The van der Waals surface area contributed by atoms with Gasteiger partial charge in [-0.2, -0.15) is 0 Å². The van der Waals surface area contributed by atoms with Gasteiger partial charge in [0.05, 0.1) is 0 Å². The Labute approximate surface area is 81.0 Å². The highest BCUT2D eigenvalue weighted by atomic mass is 16.6. The number of anilines is 1. The maximum absolute atomic E-state index is 11.7. The number of rotatable bonds is 1. The van der Waals surface area contributed by atoms with Crippen molar-refractivity contribution in [1.82, 2.24) is 15.2 Å². The lowest BCUT2D eigenvalue weighted by molar-refractivity contribution is 0.0227. The van der Waals surface area contributed by atoms with Crippen LogP contribution in [0.15, 0.2) is 4.63 Å². The van der Waals surface area contributed by atoms with Gasteiger partial charge in [0.1, 0.15) is 0 Å². The van der Waals surface area contributed by atoms with E-state index in [1.807, 2.05) is 0 Å². The lowest BCUT2D eigenvalue weighted by Crippen LogP contribution is -2.55. The average Bonchev–Trinajstić information content (AvgIpc) is 2.45. The van der Waals surface area contributed by atoms with Gasteiger partial charge in [0.2, 0.25) is 11.5 Å². The molecule has 2 heterocycles. The molecule has 6 nitrogen and oxygen atoms in total. The number of likely N-dealkylation sites (tertiary alicyclic amines) is 1. The summed E-state index contributed by atoms with van der Waals surface area (Å²) in [6.45, 7) is 5.64. The molecule has 1 amide bonds. The number of hydrogen-bond acceptors (Lipinski definition) is 5. The van der Waals surface area contributed by atoms with Crippen LogP contribution < -0.4 is 5.73 Å². The molecule has 1 saturated heterocycles. The van der Waals surface area contributed by atoms with Gasteiger partial charge in [-0.05, 0) is 15.7 Å². The van der Waals surface area contributed by atoms with Crippen molar-refractivity contribution in [2.45, 2.75) is 13.8 Å². The molecule has 0 atom stereocenters. The Kier molecular flexibility index (Phi) is 1.73. The molecule has 6 heteroatoms. The van der Waals surface area contributed by atoms with E-state index in [2.05, 4.69) is 28.8 Å². The lowest BCUT2D eigenvalue weighted by atomic mass is 9.84. The van der Waals surface area contributed by atoms with E-state index in [1.54, 1.807) is 4.90 Å². The Morgan fingerprint density at radius 2 is 2.14 bits per heavy atom. The molecule has 1 aromatic rings. The van der Waals surface area contributed by atoms with Crippen molar-refractivity contribution in [1.29, 1.82) is 0 Å². The van der Waals surface area contributed by atoms with E-state index in [4.69, 9.17) is 5.73 Å². The normalized spacial score (nSPS) is 19.1. The topological polar surface area (TPSA) is 85.2 Å². The summed E-state index contributed by atoms with van der Waals surface area (Å²) in [4.78, 5) is 13.4. The quantitative estimate of drug-likeness (QED) is 0.690. The summed E-state index contributed by atoms with van der Waals surface area (Å²) in [5, 5.41) is 6.82. The molecule has 2 N–H and O–H groups in total. The molecule has 76 valence electrons. The van der Waals surface area contributed by atoms with Crippen molar-refractivity contribution >= 4 is 11.7 Å². The van der Waals surface area contributed by atoms with E-state index in [0.717, 1.165) is 13.1 Å². The molecule has 0 aliphatic carbocycles. The Balaban J connectivity index is 2.08. The minimum Gasteiger partial charge on any atom is -0.379 e. The van der Waals surface area contributed by atoms with Gasteiger partial charge in [-0.25, -0.2) is 4.63 Å². The first-order chi connectivity index (χ1) is 6.49. The Bertz CT molecular complexity index is 363. The monoisotopic (exact) mass is 196 g/mol. The Morgan fingerprint density at radius 1 is 1.50 bits per heavy atom. The number of nitrogen functional groups attached to an aromatic ring is 1. The van der Waals surface area contributed by atoms with Crippen molar-refractivity contribution in [3.05, 3.63) is 5.69 Å². The Hall–Kier alpha value is -1.59. The van der Waals surface area contributed by atoms with Gasteiger partial charge >= 0.3 is 0 Å². The van der Waals surface area contributed by atoms with Crippen molar-refractivity contribution in [2.24, 2.45) is 5.41 Å². The van der Waals surface area contributed by atoms with Crippen LogP contribution in [0.3, 0.4) is 0 Å². The first-order valence-corrected chi connectivity index (χ1v) is 4.37. The number of nitrogens with two attached hydrogens (primary N) is 1. The maximum atomic E-state index is 11.7. The van der Waals surface area contributed by atoms with E-state index in [9.17, 15) is 4.79 Å². The molecule has 0 spiro atoms. The predicted octanol–water partition coefficient (Wildman–Crippen LogP) is 0.134. The number of carbonyl (C=O) groups is 1. The van der Waals surface area contributed by atoms with Gasteiger partial charge in [0.25, 0.3) is 5.91 Å². The molecule has 1 aliphatic rings. The van der Waals surface area contributed by atoms with E-state index >= 15 is 0 Å². The fourth-order valence-corrected chi connectivity index (χ4v) is 1.62. The van der Waals surface area contributed by atoms with Gasteiger partial charge < -0.3 is 10.6 Å². The van der Waals surface area contributed by atoms with E-state index in [1.165, 1.54) is 0 Å². The van der Waals surface area contributed by atoms with E-state index in [0.29, 0.717) is 0 Å². The number of hydrogen-bond donors (Lipinski definition) is 1. The second kappa shape index (κ2) is 2.70. The van der Waals surface area contributed by atoms with E-state index < -0.39 is 0 Å². The number of carbonyl (C=O) groups excluding carboxylic acids is 1. The summed E-state index contributed by atoms with van der Waals surface area (Å²) in [5.41, 5.74) is 5.72. The number of amides is 1. The second-order valence-corrected chi connectivity index (χ2v) is 4.32. The fourth-order valence-electron chi connectivity index (χ4n) is 1.62. The summed E-state index contributed by atoms with van der Waals surface area (Å²) in [7, 11) is 0. The van der Waals surface area contributed by atoms with Gasteiger partial charge in [0, 0.05) is 13.1 Å². The molecule has 0 bridgehead atoms. The highest BCUT2D eigenvalue weighted by Gasteiger charge is 2.39. The molecule has 2 rings (SSSR count). The molecule has 0 unspecified atom stereocenters. The second-order valence-electron chi connectivity index (χ2n) is 4.32. The van der Waals surface area contributed by atoms with Crippen LogP contribution in [0.5, 0.6) is 0 Å². The molecule has 1 fully saturated rings. The minimum absolute atomic E-state index is 0.0553. The summed E-state index contributed by atoms with van der Waals surface area (Å²) < 4.78 is 4.36. The zero-order valence-electron chi connectivity index (χ0n) is 8.15. The maximum Gasteiger partial charge on any atom is 0.280 e.